The van der Waals surface area contributed by atoms with Crippen LogP contribution in [0.2, 0.25) is 0 Å². The molecule has 3 heterocycles. The van der Waals surface area contributed by atoms with Gasteiger partial charge in [0.25, 0.3) is 0 Å². The third kappa shape index (κ3) is 3.66. The predicted molar refractivity (Wildman–Crippen MR) is 103 cm³/mol. The van der Waals surface area contributed by atoms with Crippen molar-refractivity contribution in [1.29, 1.82) is 0 Å². The van der Waals surface area contributed by atoms with Gasteiger partial charge >= 0.3 is 0 Å². The minimum atomic E-state index is -0.260. The van der Waals surface area contributed by atoms with E-state index in [9.17, 15) is 9.50 Å². The molecule has 0 amide bonds. The number of piperidine rings is 2. The van der Waals surface area contributed by atoms with Crippen LogP contribution in [0.15, 0.2) is 24.3 Å². The third-order valence-corrected chi connectivity index (χ3v) is 6.14. The molecule has 2 saturated heterocycles. The first-order valence-electron chi connectivity index (χ1n) is 9.90. The predicted octanol–water partition coefficient (Wildman–Crippen LogP) is 2.56. The number of nitrogens with one attached hydrogen (secondary N) is 1. The Kier molecular flexibility index (Phi) is 5.05. The SMILES string of the molecule is Cc1cc(C)n(-c2ccc(F)cc2CN2CCC[C@]3(CNCC[C@@H]3O)C2)n1. The fraction of sp³-hybridized carbons (Fsp3) is 0.571. The van der Waals surface area contributed by atoms with Crippen molar-refractivity contribution in [3.8, 4) is 5.69 Å². The Balaban J connectivity index is 1.60. The molecule has 2 atom stereocenters. The summed E-state index contributed by atoms with van der Waals surface area (Å²) >= 11 is 0. The van der Waals surface area contributed by atoms with Gasteiger partial charge in [-0.05, 0) is 76.0 Å². The number of hydrogen-bond acceptors (Lipinski definition) is 4. The van der Waals surface area contributed by atoms with Crippen LogP contribution in [0.25, 0.3) is 5.69 Å². The lowest BCUT2D eigenvalue weighted by Gasteiger charge is -2.48. The Bertz CT molecular complexity index is 817. The molecule has 2 aliphatic heterocycles. The van der Waals surface area contributed by atoms with Crippen molar-refractivity contribution in [1.82, 2.24) is 20.0 Å². The second-order valence-corrected chi connectivity index (χ2v) is 8.27. The average molecular weight is 372 g/mol. The molecule has 0 bridgehead atoms. The zero-order valence-corrected chi connectivity index (χ0v) is 16.2. The van der Waals surface area contributed by atoms with Crippen LogP contribution < -0.4 is 5.32 Å². The van der Waals surface area contributed by atoms with Crippen LogP contribution in [-0.4, -0.2) is 52.1 Å². The van der Waals surface area contributed by atoms with E-state index in [1.54, 1.807) is 6.07 Å². The van der Waals surface area contributed by atoms with E-state index in [4.69, 9.17) is 0 Å². The first-order chi connectivity index (χ1) is 13.0. The lowest BCUT2D eigenvalue weighted by atomic mass is 9.72. The molecule has 0 radical (unpaired) electrons. The van der Waals surface area contributed by atoms with Gasteiger partial charge in [0.2, 0.25) is 0 Å². The van der Waals surface area contributed by atoms with Gasteiger partial charge in [0.1, 0.15) is 5.82 Å². The lowest BCUT2D eigenvalue weighted by Crippen LogP contribution is -2.57. The van der Waals surface area contributed by atoms with Gasteiger partial charge < -0.3 is 10.4 Å². The van der Waals surface area contributed by atoms with Gasteiger partial charge in [-0.25, -0.2) is 9.07 Å². The van der Waals surface area contributed by atoms with Gasteiger partial charge in [-0.1, -0.05) is 0 Å². The van der Waals surface area contributed by atoms with E-state index < -0.39 is 0 Å². The molecule has 0 unspecified atom stereocenters. The monoisotopic (exact) mass is 372 g/mol. The summed E-state index contributed by atoms with van der Waals surface area (Å²) in [4.78, 5) is 2.36. The number of aliphatic hydroxyl groups is 1. The topological polar surface area (TPSA) is 53.3 Å². The third-order valence-electron chi connectivity index (χ3n) is 6.14. The van der Waals surface area contributed by atoms with E-state index in [0.29, 0.717) is 6.54 Å². The molecule has 6 heteroatoms. The molecule has 1 aromatic carbocycles. The maximum Gasteiger partial charge on any atom is 0.123 e. The second kappa shape index (κ2) is 7.34. The Morgan fingerprint density at radius 3 is 2.93 bits per heavy atom. The number of likely N-dealkylation sites (tertiary alicyclic amines) is 1. The molecule has 5 nitrogen and oxygen atoms in total. The molecule has 2 N–H and O–H groups in total. The smallest absolute Gasteiger partial charge is 0.123 e. The highest BCUT2D eigenvalue weighted by Crippen LogP contribution is 2.37. The van der Waals surface area contributed by atoms with Crippen molar-refractivity contribution in [2.24, 2.45) is 5.41 Å². The highest BCUT2D eigenvalue weighted by atomic mass is 19.1. The number of nitrogens with zero attached hydrogens (tertiary/aromatic N) is 3. The van der Waals surface area contributed by atoms with Crippen molar-refractivity contribution < 1.29 is 9.50 Å². The zero-order chi connectivity index (χ0) is 19.0. The largest absolute Gasteiger partial charge is 0.392 e. The van der Waals surface area contributed by atoms with Crippen LogP contribution in [0.3, 0.4) is 0 Å². The van der Waals surface area contributed by atoms with E-state index in [-0.39, 0.29) is 17.3 Å². The standard InChI is InChI=1S/C21H29FN4O/c1-15-10-16(2)26(24-15)19-5-4-18(22)11-17(19)12-25-9-3-7-21(14-25)13-23-8-6-20(21)27/h4-5,10-11,20,23,27H,3,6-9,12-14H2,1-2H3/t20-,21-/m0/s1. The number of hydrogen-bond donors (Lipinski definition) is 2. The fourth-order valence-electron chi connectivity index (χ4n) is 4.81. The van der Waals surface area contributed by atoms with E-state index in [0.717, 1.165) is 68.1 Å². The molecule has 0 saturated carbocycles. The molecular weight excluding hydrogens is 343 g/mol. The van der Waals surface area contributed by atoms with Gasteiger partial charge in [-0.3, -0.25) is 4.90 Å². The first-order valence-corrected chi connectivity index (χ1v) is 9.90. The summed E-state index contributed by atoms with van der Waals surface area (Å²) in [6.45, 7) is 8.22. The molecule has 1 spiro atoms. The molecule has 2 aromatic rings. The minimum Gasteiger partial charge on any atom is -0.392 e. The van der Waals surface area contributed by atoms with E-state index in [1.165, 1.54) is 6.07 Å². The Morgan fingerprint density at radius 1 is 1.33 bits per heavy atom. The number of benzene rings is 1. The molecule has 2 aliphatic rings. The number of halogens is 1. The maximum absolute atomic E-state index is 14.0. The Hall–Kier alpha value is -1.76. The molecule has 27 heavy (non-hydrogen) atoms. The van der Waals surface area contributed by atoms with Crippen LogP contribution in [0.1, 0.15) is 36.2 Å². The Morgan fingerprint density at radius 2 is 2.19 bits per heavy atom. The summed E-state index contributed by atoms with van der Waals surface area (Å²) in [7, 11) is 0. The maximum atomic E-state index is 14.0. The summed E-state index contributed by atoms with van der Waals surface area (Å²) in [5, 5.41) is 18.7. The number of rotatable bonds is 3. The van der Waals surface area contributed by atoms with Gasteiger partial charge in [-0.15, -0.1) is 0 Å². The van der Waals surface area contributed by atoms with Crippen LogP contribution in [-0.2, 0) is 6.54 Å². The number of aliphatic hydroxyl groups excluding tert-OH is 1. The molecule has 0 aliphatic carbocycles. The lowest BCUT2D eigenvalue weighted by molar-refractivity contribution is -0.0514. The van der Waals surface area contributed by atoms with Gasteiger partial charge in [0, 0.05) is 30.7 Å². The summed E-state index contributed by atoms with van der Waals surface area (Å²) < 4.78 is 15.9. The number of aryl methyl sites for hydroxylation is 2. The van der Waals surface area contributed by atoms with Gasteiger partial charge in [-0.2, -0.15) is 5.10 Å². The summed E-state index contributed by atoms with van der Waals surface area (Å²) in [6, 6.07) is 6.98. The van der Waals surface area contributed by atoms with Crippen molar-refractivity contribution >= 4 is 0 Å². The minimum absolute atomic E-state index is 0.0812. The van der Waals surface area contributed by atoms with Crippen molar-refractivity contribution in [2.45, 2.75) is 45.8 Å². The highest BCUT2D eigenvalue weighted by Gasteiger charge is 2.43. The normalized spacial score (nSPS) is 26.6. The van der Waals surface area contributed by atoms with Crippen LogP contribution >= 0.6 is 0 Å². The molecule has 1 aromatic heterocycles. The quantitative estimate of drug-likeness (QED) is 0.870. The zero-order valence-electron chi connectivity index (χ0n) is 16.2. The number of aromatic nitrogens is 2. The van der Waals surface area contributed by atoms with Crippen molar-refractivity contribution in [3.05, 3.63) is 47.0 Å². The fourth-order valence-corrected chi connectivity index (χ4v) is 4.81. The van der Waals surface area contributed by atoms with Crippen LogP contribution in [0.5, 0.6) is 0 Å². The molecule has 146 valence electrons. The summed E-state index contributed by atoms with van der Waals surface area (Å²) in [6.07, 6.45) is 2.66. The van der Waals surface area contributed by atoms with E-state index in [1.807, 2.05) is 30.7 Å². The first kappa shape index (κ1) is 18.6. The van der Waals surface area contributed by atoms with Crippen LogP contribution in [0.4, 0.5) is 4.39 Å². The summed E-state index contributed by atoms with van der Waals surface area (Å²) in [5.41, 5.74) is 3.79. The highest BCUT2D eigenvalue weighted by molar-refractivity contribution is 5.42. The van der Waals surface area contributed by atoms with Crippen molar-refractivity contribution in [3.63, 3.8) is 0 Å². The van der Waals surface area contributed by atoms with Crippen LogP contribution in [0, 0.1) is 25.1 Å². The van der Waals surface area contributed by atoms with Gasteiger partial charge in [0.05, 0.1) is 17.5 Å². The van der Waals surface area contributed by atoms with Gasteiger partial charge in [0.15, 0.2) is 0 Å². The second-order valence-electron chi connectivity index (χ2n) is 8.27. The molecule has 4 rings (SSSR count). The summed E-state index contributed by atoms with van der Waals surface area (Å²) in [5.74, 6) is -0.221. The van der Waals surface area contributed by atoms with E-state index in [2.05, 4.69) is 15.3 Å². The van der Waals surface area contributed by atoms with E-state index >= 15 is 0 Å². The van der Waals surface area contributed by atoms with Crippen molar-refractivity contribution in [2.75, 3.05) is 26.2 Å². The Labute approximate surface area is 160 Å². The molecule has 2 fully saturated rings. The molecular formula is C21H29FN4O. The average Bonchev–Trinajstić information content (AvgIpc) is 2.96.